The van der Waals surface area contributed by atoms with Crippen LogP contribution in [0.5, 0.6) is 5.75 Å². The summed E-state index contributed by atoms with van der Waals surface area (Å²) >= 11 is 0. The van der Waals surface area contributed by atoms with E-state index in [2.05, 4.69) is 9.97 Å². The maximum atomic E-state index is 10.4. The minimum atomic E-state index is -0.817. The molecule has 0 saturated carbocycles. The number of rotatable bonds is 3. The van der Waals surface area contributed by atoms with Crippen molar-refractivity contribution in [2.75, 3.05) is 7.11 Å². The van der Waals surface area contributed by atoms with Crippen molar-refractivity contribution in [3.8, 4) is 5.75 Å². The van der Waals surface area contributed by atoms with Gasteiger partial charge in [-0.2, -0.15) is 0 Å². The summed E-state index contributed by atoms with van der Waals surface area (Å²) < 4.78 is 5.16. The molecule has 1 aromatic heterocycles. The molecule has 1 N–H and O–H groups in total. The summed E-state index contributed by atoms with van der Waals surface area (Å²) in [6, 6.07) is 14.9. The van der Waals surface area contributed by atoms with E-state index in [9.17, 15) is 5.11 Å². The second kappa shape index (κ2) is 5.27. The summed E-state index contributed by atoms with van der Waals surface area (Å²) in [6.07, 6.45) is 0.786. The van der Waals surface area contributed by atoms with Gasteiger partial charge in [0.1, 0.15) is 11.9 Å². The molecular formula is C16H14N2O2. The van der Waals surface area contributed by atoms with E-state index in [1.54, 1.807) is 19.4 Å². The molecule has 0 spiro atoms. The fraction of sp³-hybridized carbons (Fsp3) is 0.125. The topological polar surface area (TPSA) is 55.2 Å². The number of aliphatic hydroxyl groups excluding tert-OH is 1. The molecule has 3 rings (SSSR count). The van der Waals surface area contributed by atoms with Gasteiger partial charge in [0.2, 0.25) is 0 Å². The van der Waals surface area contributed by atoms with Gasteiger partial charge in [0.25, 0.3) is 0 Å². The molecule has 4 heteroatoms. The highest BCUT2D eigenvalue weighted by molar-refractivity contribution is 5.73. The summed E-state index contributed by atoms with van der Waals surface area (Å²) in [5, 5.41) is 10.4. The van der Waals surface area contributed by atoms with Crippen molar-refractivity contribution >= 4 is 11.0 Å². The largest absolute Gasteiger partial charge is 0.497 e. The van der Waals surface area contributed by atoms with E-state index in [1.807, 2.05) is 42.5 Å². The number of hydrogen-bond donors (Lipinski definition) is 1. The van der Waals surface area contributed by atoms with Gasteiger partial charge in [-0.05, 0) is 29.8 Å². The second-order valence-corrected chi connectivity index (χ2v) is 4.46. The van der Waals surface area contributed by atoms with Crippen molar-refractivity contribution in [3.63, 3.8) is 0 Å². The number of fused-ring (bicyclic) bond motifs is 1. The van der Waals surface area contributed by atoms with Crippen molar-refractivity contribution in [2.24, 2.45) is 0 Å². The van der Waals surface area contributed by atoms with Gasteiger partial charge in [-0.1, -0.05) is 24.3 Å². The molecule has 100 valence electrons. The van der Waals surface area contributed by atoms with Gasteiger partial charge in [-0.15, -0.1) is 0 Å². The Morgan fingerprint density at radius 2 is 1.85 bits per heavy atom. The molecule has 0 aliphatic rings. The summed E-state index contributed by atoms with van der Waals surface area (Å²) in [5.74, 6) is 0.704. The van der Waals surface area contributed by atoms with Crippen LogP contribution in [0, 0.1) is 0 Å². The lowest BCUT2D eigenvalue weighted by Crippen LogP contribution is -2.03. The molecular weight excluding hydrogens is 252 g/mol. The zero-order valence-corrected chi connectivity index (χ0v) is 11.0. The third-order valence-electron chi connectivity index (χ3n) is 3.16. The maximum Gasteiger partial charge on any atom is 0.123 e. The molecule has 0 aliphatic heterocycles. The smallest absolute Gasteiger partial charge is 0.123 e. The van der Waals surface area contributed by atoms with E-state index in [0.29, 0.717) is 11.4 Å². The molecule has 0 radical (unpaired) electrons. The number of aliphatic hydroxyl groups is 1. The molecule has 3 aromatic rings. The minimum Gasteiger partial charge on any atom is -0.497 e. The normalized spacial score (nSPS) is 12.3. The Morgan fingerprint density at radius 3 is 2.65 bits per heavy atom. The van der Waals surface area contributed by atoms with Crippen LogP contribution in [0.25, 0.3) is 11.0 Å². The second-order valence-electron chi connectivity index (χ2n) is 4.46. The number of hydrogen-bond acceptors (Lipinski definition) is 4. The average Bonchev–Trinajstić information content (AvgIpc) is 2.53. The van der Waals surface area contributed by atoms with Crippen LogP contribution in [0.1, 0.15) is 17.4 Å². The van der Waals surface area contributed by atoms with E-state index < -0.39 is 6.10 Å². The first-order valence-corrected chi connectivity index (χ1v) is 6.31. The van der Waals surface area contributed by atoms with E-state index in [-0.39, 0.29) is 0 Å². The van der Waals surface area contributed by atoms with Crippen LogP contribution in [0.3, 0.4) is 0 Å². The molecule has 0 aliphatic carbocycles. The molecule has 2 aromatic carbocycles. The van der Waals surface area contributed by atoms with Gasteiger partial charge < -0.3 is 9.84 Å². The number of nitrogens with zero attached hydrogens (tertiary/aromatic N) is 2. The molecule has 0 amide bonds. The van der Waals surface area contributed by atoms with Gasteiger partial charge in [-0.25, -0.2) is 4.98 Å². The van der Waals surface area contributed by atoms with Crippen LogP contribution < -0.4 is 4.74 Å². The Hall–Kier alpha value is -2.46. The number of aromatic nitrogens is 2. The lowest BCUT2D eigenvalue weighted by atomic mass is 10.1. The van der Waals surface area contributed by atoms with E-state index in [0.717, 1.165) is 16.6 Å². The minimum absolute atomic E-state index is 0.525. The predicted molar refractivity (Wildman–Crippen MR) is 76.6 cm³/mol. The lowest BCUT2D eigenvalue weighted by molar-refractivity contribution is 0.215. The molecule has 0 saturated heterocycles. The zero-order chi connectivity index (χ0) is 13.9. The quantitative estimate of drug-likeness (QED) is 0.792. The van der Waals surface area contributed by atoms with Crippen LogP contribution >= 0.6 is 0 Å². The van der Waals surface area contributed by atoms with E-state index >= 15 is 0 Å². The average molecular weight is 266 g/mol. The van der Waals surface area contributed by atoms with Gasteiger partial charge in [0, 0.05) is 0 Å². The first-order valence-electron chi connectivity index (χ1n) is 6.31. The fourth-order valence-corrected chi connectivity index (χ4v) is 2.09. The van der Waals surface area contributed by atoms with E-state index in [1.165, 1.54) is 0 Å². The monoisotopic (exact) mass is 266 g/mol. The molecule has 4 nitrogen and oxygen atoms in total. The van der Waals surface area contributed by atoms with Crippen molar-refractivity contribution in [3.05, 3.63) is 66.0 Å². The van der Waals surface area contributed by atoms with Crippen molar-refractivity contribution in [1.29, 1.82) is 0 Å². The number of para-hydroxylation sites is 2. The summed E-state index contributed by atoms with van der Waals surface area (Å²) in [7, 11) is 1.60. The van der Waals surface area contributed by atoms with Crippen LogP contribution in [0.2, 0.25) is 0 Å². The Morgan fingerprint density at radius 1 is 1.05 bits per heavy atom. The van der Waals surface area contributed by atoms with Gasteiger partial charge >= 0.3 is 0 Å². The molecule has 20 heavy (non-hydrogen) atoms. The van der Waals surface area contributed by atoms with Crippen molar-refractivity contribution in [1.82, 2.24) is 9.97 Å². The summed E-state index contributed by atoms with van der Waals surface area (Å²) in [4.78, 5) is 8.77. The van der Waals surface area contributed by atoms with Crippen LogP contribution in [-0.4, -0.2) is 22.2 Å². The molecule has 1 heterocycles. The Kier molecular flexibility index (Phi) is 3.31. The highest BCUT2D eigenvalue weighted by atomic mass is 16.5. The van der Waals surface area contributed by atoms with Gasteiger partial charge in [0.15, 0.2) is 0 Å². The molecule has 1 atom stereocenters. The van der Waals surface area contributed by atoms with E-state index in [4.69, 9.17) is 4.74 Å². The number of ether oxygens (including phenoxy) is 1. The van der Waals surface area contributed by atoms with Crippen molar-refractivity contribution < 1.29 is 9.84 Å². The van der Waals surface area contributed by atoms with Gasteiger partial charge in [-0.3, -0.25) is 4.98 Å². The highest BCUT2D eigenvalue weighted by Crippen LogP contribution is 2.24. The van der Waals surface area contributed by atoms with Gasteiger partial charge in [0.05, 0.1) is 30.0 Å². The first-order chi connectivity index (χ1) is 9.78. The zero-order valence-electron chi connectivity index (χ0n) is 11.0. The first kappa shape index (κ1) is 12.6. The number of methoxy groups -OCH3 is 1. The third-order valence-corrected chi connectivity index (χ3v) is 3.16. The lowest BCUT2D eigenvalue weighted by Gasteiger charge is -2.12. The van der Waals surface area contributed by atoms with Crippen LogP contribution in [0.15, 0.2) is 54.7 Å². The molecule has 1 unspecified atom stereocenters. The van der Waals surface area contributed by atoms with Crippen LogP contribution in [0.4, 0.5) is 0 Å². The highest BCUT2D eigenvalue weighted by Gasteiger charge is 2.13. The SMILES string of the molecule is COc1cccc(C(O)c2cnc3ccccc3n2)c1. The summed E-state index contributed by atoms with van der Waals surface area (Å²) in [6.45, 7) is 0. The Bertz CT molecular complexity index is 743. The standard InChI is InChI=1S/C16H14N2O2/c1-20-12-6-4-5-11(9-12)16(19)15-10-17-13-7-2-3-8-14(13)18-15/h2-10,16,19H,1H3. The third kappa shape index (κ3) is 2.33. The Labute approximate surface area is 116 Å². The summed E-state index contributed by atoms with van der Waals surface area (Å²) in [5.41, 5.74) is 2.84. The molecule has 0 bridgehead atoms. The van der Waals surface area contributed by atoms with Crippen LogP contribution in [-0.2, 0) is 0 Å². The fourth-order valence-electron chi connectivity index (χ4n) is 2.09. The predicted octanol–water partition coefficient (Wildman–Crippen LogP) is 2.72. The number of benzene rings is 2. The van der Waals surface area contributed by atoms with Crippen molar-refractivity contribution in [2.45, 2.75) is 6.10 Å². The maximum absolute atomic E-state index is 10.4. The Balaban J connectivity index is 2.00. The molecule has 0 fully saturated rings.